The smallest absolute Gasteiger partial charge is 0.261 e. The van der Waals surface area contributed by atoms with Gasteiger partial charge >= 0.3 is 0 Å². The molecular weight excluding hydrogens is 322 g/mol. The van der Waals surface area contributed by atoms with Crippen LogP contribution in [0.2, 0.25) is 0 Å². The van der Waals surface area contributed by atoms with Crippen LogP contribution in [0.1, 0.15) is 17.5 Å². The number of thiazole rings is 1. The fourth-order valence-corrected chi connectivity index (χ4v) is 3.07. The number of benzene rings is 2. The van der Waals surface area contributed by atoms with Gasteiger partial charge in [0.1, 0.15) is 10.8 Å². The van der Waals surface area contributed by atoms with Gasteiger partial charge in [0.25, 0.3) is 5.91 Å². The molecule has 0 aliphatic heterocycles. The summed E-state index contributed by atoms with van der Waals surface area (Å²) in [5.41, 5.74) is 1.49. The molecule has 120 valence electrons. The highest BCUT2D eigenvalue weighted by atomic mass is 32.1. The first-order chi connectivity index (χ1) is 11.7. The lowest BCUT2D eigenvalue weighted by atomic mass is 10.2. The first-order valence-corrected chi connectivity index (χ1v) is 8.26. The Bertz CT molecular complexity index is 864. The Kier molecular flexibility index (Phi) is 4.73. The van der Waals surface area contributed by atoms with E-state index in [1.54, 1.807) is 42.5 Å². The number of nitriles is 1. The van der Waals surface area contributed by atoms with Crippen LogP contribution in [-0.4, -0.2) is 17.0 Å². The Morgan fingerprint density at radius 3 is 2.75 bits per heavy atom. The molecule has 3 rings (SSSR count). The van der Waals surface area contributed by atoms with Gasteiger partial charge in [0, 0.05) is 0 Å². The lowest BCUT2D eigenvalue weighted by Crippen LogP contribution is -2.35. The highest BCUT2D eigenvalue weighted by Crippen LogP contribution is 2.21. The molecular formula is C18H15N3O2S. The van der Waals surface area contributed by atoms with Gasteiger partial charge in [-0.25, -0.2) is 4.98 Å². The Balaban J connectivity index is 1.56. The molecule has 1 N–H and O–H groups in total. The second-order valence-corrected chi connectivity index (χ2v) is 6.30. The zero-order chi connectivity index (χ0) is 16.9. The van der Waals surface area contributed by atoms with E-state index in [0.29, 0.717) is 17.9 Å². The van der Waals surface area contributed by atoms with E-state index in [1.807, 2.05) is 30.3 Å². The van der Waals surface area contributed by atoms with Crippen molar-refractivity contribution < 1.29 is 9.53 Å². The molecule has 6 heteroatoms. The number of ether oxygens (including phenoxy) is 1. The van der Waals surface area contributed by atoms with Gasteiger partial charge in [-0.05, 0) is 43.3 Å². The molecule has 1 unspecified atom stereocenters. The first kappa shape index (κ1) is 16.0. The van der Waals surface area contributed by atoms with Crippen molar-refractivity contribution in [2.45, 2.75) is 19.6 Å². The van der Waals surface area contributed by atoms with E-state index in [1.165, 1.54) is 0 Å². The third-order valence-electron chi connectivity index (χ3n) is 3.42. The van der Waals surface area contributed by atoms with Crippen molar-refractivity contribution in [1.29, 1.82) is 5.26 Å². The normalized spacial score (nSPS) is 11.7. The molecule has 0 saturated heterocycles. The van der Waals surface area contributed by atoms with Crippen molar-refractivity contribution in [2.24, 2.45) is 0 Å². The first-order valence-electron chi connectivity index (χ1n) is 7.44. The van der Waals surface area contributed by atoms with Crippen LogP contribution >= 0.6 is 11.3 Å². The van der Waals surface area contributed by atoms with Crippen LogP contribution in [-0.2, 0) is 11.3 Å². The average molecular weight is 337 g/mol. The molecule has 1 aromatic heterocycles. The van der Waals surface area contributed by atoms with E-state index in [2.05, 4.69) is 10.3 Å². The largest absolute Gasteiger partial charge is 0.481 e. The highest BCUT2D eigenvalue weighted by molar-refractivity contribution is 7.18. The van der Waals surface area contributed by atoms with Crippen LogP contribution in [0.15, 0.2) is 48.5 Å². The number of hydrogen-bond acceptors (Lipinski definition) is 5. The van der Waals surface area contributed by atoms with Crippen LogP contribution < -0.4 is 10.1 Å². The number of carbonyl (C=O) groups excluding carboxylic acids is 1. The maximum Gasteiger partial charge on any atom is 0.261 e. The summed E-state index contributed by atoms with van der Waals surface area (Å²) in [7, 11) is 0. The van der Waals surface area contributed by atoms with Gasteiger partial charge < -0.3 is 10.1 Å². The molecule has 0 saturated carbocycles. The number of carbonyl (C=O) groups is 1. The quantitative estimate of drug-likeness (QED) is 0.775. The average Bonchev–Trinajstić information content (AvgIpc) is 3.03. The maximum absolute atomic E-state index is 12.1. The molecule has 1 heterocycles. The fraction of sp³-hybridized carbons (Fsp3) is 0.167. The van der Waals surface area contributed by atoms with E-state index < -0.39 is 6.10 Å². The predicted octanol–water partition coefficient (Wildman–Crippen LogP) is 3.25. The van der Waals surface area contributed by atoms with Crippen molar-refractivity contribution in [3.8, 4) is 11.8 Å². The van der Waals surface area contributed by atoms with Crippen molar-refractivity contribution in [2.75, 3.05) is 0 Å². The fourth-order valence-electron chi connectivity index (χ4n) is 2.17. The predicted molar refractivity (Wildman–Crippen MR) is 92.7 cm³/mol. The lowest BCUT2D eigenvalue weighted by molar-refractivity contribution is -0.127. The van der Waals surface area contributed by atoms with E-state index in [4.69, 9.17) is 10.00 Å². The Labute approximate surface area is 143 Å². The van der Waals surface area contributed by atoms with E-state index in [-0.39, 0.29) is 5.91 Å². The highest BCUT2D eigenvalue weighted by Gasteiger charge is 2.15. The second kappa shape index (κ2) is 7.11. The minimum atomic E-state index is -0.632. The number of amides is 1. The van der Waals surface area contributed by atoms with Gasteiger partial charge in [-0.1, -0.05) is 12.1 Å². The number of hydrogen-bond donors (Lipinski definition) is 1. The summed E-state index contributed by atoms with van der Waals surface area (Å²) in [5, 5.41) is 12.5. The summed E-state index contributed by atoms with van der Waals surface area (Å²) in [4.78, 5) is 16.6. The molecule has 0 aliphatic rings. The van der Waals surface area contributed by atoms with Gasteiger partial charge in [0.2, 0.25) is 0 Å². The Morgan fingerprint density at radius 1 is 1.29 bits per heavy atom. The van der Waals surface area contributed by atoms with Crippen molar-refractivity contribution in [1.82, 2.24) is 10.3 Å². The molecule has 5 nitrogen and oxygen atoms in total. The molecule has 0 fully saturated rings. The van der Waals surface area contributed by atoms with Crippen LogP contribution in [0.4, 0.5) is 0 Å². The summed E-state index contributed by atoms with van der Waals surface area (Å²) in [6.45, 7) is 2.06. The van der Waals surface area contributed by atoms with Gasteiger partial charge in [0.05, 0.1) is 28.4 Å². The summed E-state index contributed by atoms with van der Waals surface area (Å²) in [6.07, 6.45) is -0.632. The third kappa shape index (κ3) is 3.70. The van der Waals surface area contributed by atoms with Gasteiger partial charge in [-0.2, -0.15) is 5.26 Å². The number of aromatic nitrogens is 1. The summed E-state index contributed by atoms with van der Waals surface area (Å²) < 4.78 is 6.69. The molecule has 24 heavy (non-hydrogen) atoms. The molecule has 0 aliphatic carbocycles. The van der Waals surface area contributed by atoms with Gasteiger partial charge in [-0.15, -0.1) is 11.3 Å². The van der Waals surface area contributed by atoms with E-state index in [9.17, 15) is 4.79 Å². The Morgan fingerprint density at radius 2 is 2.04 bits per heavy atom. The van der Waals surface area contributed by atoms with E-state index >= 15 is 0 Å². The second-order valence-electron chi connectivity index (χ2n) is 5.19. The molecule has 0 radical (unpaired) electrons. The maximum atomic E-state index is 12.1. The van der Waals surface area contributed by atoms with E-state index in [0.717, 1.165) is 15.2 Å². The monoisotopic (exact) mass is 337 g/mol. The zero-order valence-corrected chi connectivity index (χ0v) is 13.8. The molecule has 1 atom stereocenters. The van der Waals surface area contributed by atoms with Crippen LogP contribution in [0.5, 0.6) is 5.75 Å². The SMILES string of the molecule is CC(Oc1ccc(C#N)cc1)C(=O)NCc1nc2ccccc2s1. The van der Waals surface area contributed by atoms with Crippen LogP contribution in [0.3, 0.4) is 0 Å². The molecule has 0 bridgehead atoms. The summed E-state index contributed by atoms with van der Waals surface area (Å²) in [5.74, 6) is 0.343. The molecule has 2 aromatic carbocycles. The number of rotatable bonds is 5. The van der Waals surface area contributed by atoms with Crippen molar-refractivity contribution in [3.63, 3.8) is 0 Å². The van der Waals surface area contributed by atoms with Gasteiger partial charge in [0.15, 0.2) is 6.10 Å². The summed E-state index contributed by atoms with van der Waals surface area (Å²) >= 11 is 1.56. The number of para-hydroxylation sites is 1. The number of nitrogens with one attached hydrogen (secondary N) is 1. The standard InChI is InChI=1S/C18H15N3O2S/c1-12(23-14-8-6-13(10-19)7-9-14)18(22)20-11-17-21-15-4-2-3-5-16(15)24-17/h2-9,12H,11H2,1H3,(H,20,22). The van der Waals surface area contributed by atoms with Gasteiger partial charge in [-0.3, -0.25) is 4.79 Å². The minimum absolute atomic E-state index is 0.210. The molecule has 3 aromatic rings. The topological polar surface area (TPSA) is 75.0 Å². The molecule has 0 spiro atoms. The summed E-state index contributed by atoms with van der Waals surface area (Å²) in [6, 6.07) is 16.6. The zero-order valence-electron chi connectivity index (χ0n) is 13.0. The number of nitrogens with zero attached hydrogens (tertiary/aromatic N) is 2. The molecule has 1 amide bonds. The van der Waals surface area contributed by atoms with Crippen molar-refractivity contribution >= 4 is 27.5 Å². The third-order valence-corrected chi connectivity index (χ3v) is 4.45. The van der Waals surface area contributed by atoms with Crippen LogP contribution in [0.25, 0.3) is 10.2 Å². The van der Waals surface area contributed by atoms with Crippen molar-refractivity contribution in [3.05, 3.63) is 59.1 Å². The lowest BCUT2D eigenvalue weighted by Gasteiger charge is -2.14. The number of fused-ring (bicyclic) bond motifs is 1. The Hall–Kier alpha value is -2.91. The van der Waals surface area contributed by atoms with Crippen LogP contribution in [0, 0.1) is 11.3 Å². The minimum Gasteiger partial charge on any atom is -0.481 e.